The average Bonchev–Trinajstić information content (AvgIpc) is 3.09. The summed E-state index contributed by atoms with van der Waals surface area (Å²) in [6.07, 6.45) is 2.71. The van der Waals surface area contributed by atoms with Gasteiger partial charge in [0.15, 0.2) is 11.5 Å². The van der Waals surface area contributed by atoms with Crippen LogP contribution >= 0.6 is 0 Å². The molecule has 1 aliphatic rings. The van der Waals surface area contributed by atoms with E-state index < -0.39 is 0 Å². The van der Waals surface area contributed by atoms with Gasteiger partial charge in [-0.25, -0.2) is 0 Å². The number of nitrogens with one attached hydrogen (secondary N) is 2. The van der Waals surface area contributed by atoms with Crippen LogP contribution in [0.25, 0.3) is 10.9 Å². The summed E-state index contributed by atoms with van der Waals surface area (Å²) < 4.78 is 16.2. The van der Waals surface area contributed by atoms with E-state index in [1.54, 1.807) is 25.3 Å². The zero-order valence-corrected chi connectivity index (χ0v) is 14.5. The standard InChI is InChI=1S/C20H20N2O4/c1-24-15-3-4-16-14(12-22-17(16)11-15)6-7-21-20(23)13-2-5-18-19(10-13)26-9-8-25-18/h2-5,10-12,22H,6-9H2,1H3,(H,21,23). The van der Waals surface area contributed by atoms with Gasteiger partial charge in [-0.15, -0.1) is 0 Å². The maximum Gasteiger partial charge on any atom is 0.251 e. The topological polar surface area (TPSA) is 72.6 Å². The van der Waals surface area contributed by atoms with Gasteiger partial charge in [0.2, 0.25) is 0 Å². The van der Waals surface area contributed by atoms with E-state index in [9.17, 15) is 4.79 Å². The monoisotopic (exact) mass is 352 g/mol. The molecule has 2 N–H and O–H groups in total. The highest BCUT2D eigenvalue weighted by Crippen LogP contribution is 2.30. The smallest absolute Gasteiger partial charge is 0.251 e. The molecule has 2 heterocycles. The van der Waals surface area contributed by atoms with Gasteiger partial charge in [0.1, 0.15) is 19.0 Å². The second-order valence-corrected chi connectivity index (χ2v) is 6.09. The molecule has 2 aromatic carbocycles. The van der Waals surface area contributed by atoms with Gasteiger partial charge < -0.3 is 24.5 Å². The maximum absolute atomic E-state index is 12.4. The van der Waals surface area contributed by atoms with Gasteiger partial charge in [-0.3, -0.25) is 4.79 Å². The molecule has 0 unspecified atom stereocenters. The van der Waals surface area contributed by atoms with Crippen molar-refractivity contribution in [3.8, 4) is 17.2 Å². The van der Waals surface area contributed by atoms with E-state index in [4.69, 9.17) is 14.2 Å². The highest BCUT2D eigenvalue weighted by molar-refractivity contribution is 5.95. The number of hydrogen-bond donors (Lipinski definition) is 2. The number of carbonyl (C=O) groups is 1. The molecule has 6 heteroatoms. The van der Waals surface area contributed by atoms with Crippen molar-refractivity contribution in [2.24, 2.45) is 0 Å². The Morgan fingerprint density at radius 3 is 2.85 bits per heavy atom. The summed E-state index contributed by atoms with van der Waals surface area (Å²) in [5.74, 6) is 2.00. The molecule has 1 amide bonds. The molecule has 26 heavy (non-hydrogen) atoms. The minimum Gasteiger partial charge on any atom is -0.497 e. The van der Waals surface area contributed by atoms with Crippen LogP contribution in [-0.4, -0.2) is 37.8 Å². The first kappa shape index (κ1) is 16.3. The van der Waals surface area contributed by atoms with Gasteiger partial charge >= 0.3 is 0 Å². The van der Waals surface area contributed by atoms with Crippen molar-refractivity contribution in [1.29, 1.82) is 0 Å². The predicted octanol–water partition coefficient (Wildman–Crippen LogP) is 2.92. The van der Waals surface area contributed by atoms with Crippen LogP contribution < -0.4 is 19.5 Å². The van der Waals surface area contributed by atoms with E-state index in [0.717, 1.165) is 28.6 Å². The first-order chi connectivity index (χ1) is 12.7. The fourth-order valence-corrected chi connectivity index (χ4v) is 3.10. The quantitative estimate of drug-likeness (QED) is 0.741. The van der Waals surface area contributed by atoms with Gasteiger partial charge in [-0.1, -0.05) is 0 Å². The molecule has 3 aromatic rings. The molecule has 1 aromatic heterocycles. The Labute approximate surface area is 151 Å². The molecule has 1 aliphatic heterocycles. The van der Waals surface area contributed by atoms with Crippen LogP contribution in [0.1, 0.15) is 15.9 Å². The van der Waals surface area contributed by atoms with Crippen molar-refractivity contribution in [2.45, 2.75) is 6.42 Å². The molecule has 0 radical (unpaired) electrons. The molecule has 4 rings (SSSR count). The second-order valence-electron chi connectivity index (χ2n) is 6.09. The lowest BCUT2D eigenvalue weighted by atomic mass is 10.1. The number of rotatable bonds is 5. The largest absolute Gasteiger partial charge is 0.497 e. The number of aromatic amines is 1. The van der Waals surface area contributed by atoms with Crippen molar-refractivity contribution in [3.63, 3.8) is 0 Å². The van der Waals surface area contributed by atoms with Crippen molar-refractivity contribution in [1.82, 2.24) is 10.3 Å². The summed E-state index contributed by atoms with van der Waals surface area (Å²) >= 11 is 0. The molecule has 0 fully saturated rings. The van der Waals surface area contributed by atoms with Crippen LogP contribution in [0, 0.1) is 0 Å². The van der Waals surface area contributed by atoms with E-state index in [1.165, 1.54) is 0 Å². The van der Waals surface area contributed by atoms with E-state index >= 15 is 0 Å². The highest BCUT2D eigenvalue weighted by Gasteiger charge is 2.15. The van der Waals surface area contributed by atoms with Crippen LogP contribution in [0.5, 0.6) is 17.2 Å². The van der Waals surface area contributed by atoms with Crippen LogP contribution in [0.2, 0.25) is 0 Å². The number of carbonyl (C=O) groups excluding carboxylic acids is 1. The lowest BCUT2D eigenvalue weighted by Crippen LogP contribution is -2.26. The van der Waals surface area contributed by atoms with Gasteiger partial charge in [0.05, 0.1) is 7.11 Å². The van der Waals surface area contributed by atoms with Gasteiger partial charge in [0.25, 0.3) is 5.91 Å². The molecule has 0 saturated heterocycles. The number of fused-ring (bicyclic) bond motifs is 2. The maximum atomic E-state index is 12.4. The Balaban J connectivity index is 1.39. The second kappa shape index (κ2) is 7.00. The molecule has 0 spiro atoms. The molecule has 6 nitrogen and oxygen atoms in total. The Hall–Kier alpha value is -3.15. The summed E-state index contributed by atoms with van der Waals surface area (Å²) in [5, 5.41) is 4.10. The summed E-state index contributed by atoms with van der Waals surface area (Å²) in [6, 6.07) is 11.2. The molecule has 0 aliphatic carbocycles. The third kappa shape index (κ3) is 3.18. The van der Waals surface area contributed by atoms with Gasteiger partial charge in [0, 0.05) is 35.3 Å². The van der Waals surface area contributed by atoms with Crippen molar-refractivity contribution in [3.05, 3.63) is 53.7 Å². The number of methoxy groups -OCH3 is 1. The average molecular weight is 352 g/mol. The minimum absolute atomic E-state index is 0.122. The Morgan fingerprint density at radius 2 is 2.00 bits per heavy atom. The molecule has 134 valence electrons. The molecule has 0 saturated carbocycles. The van der Waals surface area contributed by atoms with Crippen LogP contribution in [0.3, 0.4) is 0 Å². The number of benzene rings is 2. The number of H-pyrrole nitrogens is 1. The van der Waals surface area contributed by atoms with Gasteiger partial charge in [-0.2, -0.15) is 0 Å². The van der Waals surface area contributed by atoms with E-state index in [-0.39, 0.29) is 5.91 Å². The normalized spacial score (nSPS) is 12.8. The number of hydrogen-bond acceptors (Lipinski definition) is 4. The van der Waals surface area contributed by atoms with E-state index in [2.05, 4.69) is 10.3 Å². The molecular formula is C20H20N2O4. The van der Waals surface area contributed by atoms with E-state index in [0.29, 0.717) is 36.8 Å². The zero-order valence-electron chi connectivity index (χ0n) is 14.5. The SMILES string of the molecule is COc1ccc2c(CCNC(=O)c3ccc4c(c3)OCCO4)c[nH]c2c1. The summed E-state index contributed by atoms with van der Waals surface area (Å²) in [5.41, 5.74) is 2.75. The van der Waals surface area contributed by atoms with Crippen molar-refractivity contribution >= 4 is 16.8 Å². The van der Waals surface area contributed by atoms with Crippen LogP contribution in [0.15, 0.2) is 42.6 Å². The lowest BCUT2D eigenvalue weighted by molar-refractivity contribution is 0.0953. The van der Waals surface area contributed by atoms with E-state index in [1.807, 2.05) is 24.4 Å². The lowest BCUT2D eigenvalue weighted by Gasteiger charge is -2.18. The summed E-state index contributed by atoms with van der Waals surface area (Å²) in [6.45, 7) is 1.59. The molecular weight excluding hydrogens is 332 g/mol. The third-order valence-corrected chi connectivity index (χ3v) is 4.46. The fourth-order valence-electron chi connectivity index (χ4n) is 3.10. The van der Waals surface area contributed by atoms with Crippen LogP contribution in [0.4, 0.5) is 0 Å². The predicted molar refractivity (Wildman–Crippen MR) is 98.3 cm³/mol. The minimum atomic E-state index is -0.122. The number of aromatic nitrogens is 1. The first-order valence-electron chi connectivity index (χ1n) is 8.56. The Bertz CT molecular complexity index is 948. The molecule has 0 bridgehead atoms. The fraction of sp³-hybridized carbons (Fsp3) is 0.250. The Kier molecular flexibility index (Phi) is 4.39. The summed E-state index contributed by atoms with van der Waals surface area (Å²) in [4.78, 5) is 15.6. The number of amides is 1. The van der Waals surface area contributed by atoms with Crippen LogP contribution in [-0.2, 0) is 6.42 Å². The third-order valence-electron chi connectivity index (χ3n) is 4.46. The summed E-state index contributed by atoms with van der Waals surface area (Å²) in [7, 11) is 1.65. The number of ether oxygens (including phenoxy) is 3. The Morgan fingerprint density at radius 1 is 1.15 bits per heavy atom. The van der Waals surface area contributed by atoms with Gasteiger partial charge in [-0.05, 0) is 42.3 Å². The molecule has 0 atom stereocenters. The van der Waals surface area contributed by atoms with Crippen molar-refractivity contribution < 1.29 is 19.0 Å². The highest BCUT2D eigenvalue weighted by atomic mass is 16.6. The first-order valence-corrected chi connectivity index (χ1v) is 8.56. The zero-order chi connectivity index (χ0) is 17.9. The van der Waals surface area contributed by atoms with Crippen molar-refractivity contribution in [2.75, 3.05) is 26.9 Å².